The van der Waals surface area contributed by atoms with E-state index in [0.29, 0.717) is 5.56 Å². The SMILES string of the molecule is CN(C)CCNc1ccc(C(=O)C=Cc2ccc3ccccc3n2)cc1. The second kappa shape index (κ2) is 8.41. The lowest BCUT2D eigenvalue weighted by Crippen LogP contribution is -2.20. The number of rotatable bonds is 7. The molecule has 0 aliphatic carbocycles. The Kier molecular flexibility index (Phi) is 5.77. The van der Waals surface area contributed by atoms with E-state index < -0.39 is 0 Å². The molecular weight excluding hydrogens is 322 g/mol. The zero-order valence-electron chi connectivity index (χ0n) is 15.1. The molecule has 0 aliphatic heterocycles. The third-order valence-corrected chi connectivity index (χ3v) is 4.08. The lowest BCUT2D eigenvalue weighted by atomic mass is 10.1. The van der Waals surface area contributed by atoms with E-state index in [9.17, 15) is 4.79 Å². The monoisotopic (exact) mass is 345 g/mol. The Balaban J connectivity index is 1.63. The number of nitrogens with one attached hydrogen (secondary N) is 1. The summed E-state index contributed by atoms with van der Waals surface area (Å²) in [7, 11) is 4.08. The molecule has 0 bridgehead atoms. The highest BCUT2D eigenvalue weighted by atomic mass is 16.1. The van der Waals surface area contributed by atoms with Crippen LogP contribution in [-0.4, -0.2) is 42.9 Å². The third-order valence-electron chi connectivity index (χ3n) is 4.08. The van der Waals surface area contributed by atoms with Gasteiger partial charge in [-0.2, -0.15) is 0 Å². The Morgan fingerprint density at radius 1 is 1.04 bits per heavy atom. The maximum absolute atomic E-state index is 12.4. The van der Waals surface area contributed by atoms with E-state index in [1.165, 1.54) is 0 Å². The number of pyridine rings is 1. The number of ketones is 1. The van der Waals surface area contributed by atoms with Gasteiger partial charge in [-0.3, -0.25) is 4.79 Å². The van der Waals surface area contributed by atoms with Crippen LogP contribution in [0.25, 0.3) is 17.0 Å². The van der Waals surface area contributed by atoms with Crippen LogP contribution in [0.4, 0.5) is 5.69 Å². The Morgan fingerprint density at radius 3 is 2.58 bits per heavy atom. The van der Waals surface area contributed by atoms with Gasteiger partial charge in [-0.25, -0.2) is 4.98 Å². The number of carbonyl (C=O) groups is 1. The van der Waals surface area contributed by atoms with Crippen molar-refractivity contribution in [3.05, 3.63) is 78.0 Å². The van der Waals surface area contributed by atoms with Gasteiger partial charge in [0.1, 0.15) is 0 Å². The van der Waals surface area contributed by atoms with Gasteiger partial charge in [0.2, 0.25) is 0 Å². The summed E-state index contributed by atoms with van der Waals surface area (Å²) in [5.41, 5.74) is 3.39. The number of hydrogen-bond donors (Lipinski definition) is 1. The molecule has 4 nitrogen and oxygen atoms in total. The first kappa shape index (κ1) is 17.8. The van der Waals surface area contributed by atoms with Crippen molar-refractivity contribution >= 4 is 28.4 Å². The van der Waals surface area contributed by atoms with Crippen LogP contribution in [0.15, 0.2) is 66.7 Å². The molecule has 4 heteroatoms. The van der Waals surface area contributed by atoms with E-state index in [-0.39, 0.29) is 5.78 Å². The summed E-state index contributed by atoms with van der Waals surface area (Å²) in [6.07, 6.45) is 3.34. The Hall–Kier alpha value is -2.98. The average Bonchev–Trinajstić information content (AvgIpc) is 2.66. The molecular formula is C22H23N3O. The summed E-state index contributed by atoms with van der Waals surface area (Å²) in [4.78, 5) is 19.0. The molecule has 1 aromatic heterocycles. The third kappa shape index (κ3) is 4.77. The number of nitrogens with zero attached hydrogens (tertiary/aromatic N) is 2. The van der Waals surface area contributed by atoms with Crippen LogP contribution in [-0.2, 0) is 0 Å². The van der Waals surface area contributed by atoms with Gasteiger partial charge in [0.25, 0.3) is 0 Å². The van der Waals surface area contributed by atoms with Crippen molar-refractivity contribution in [2.75, 3.05) is 32.5 Å². The van der Waals surface area contributed by atoms with E-state index in [1.54, 1.807) is 12.2 Å². The lowest BCUT2D eigenvalue weighted by Gasteiger charge is -2.11. The van der Waals surface area contributed by atoms with Crippen molar-refractivity contribution < 1.29 is 4.79 Å². The van der Waals surface area contributed by atoms with E-state index in [1.807, 2.05) is 74.8 Å². The molecule has 0 atom stereocenters. The molecule has 0 amide bonds. The lowest BCUT2D eigenvalue weighted by molar-refractivity contribution is 0.104. The van der Waals surface area contributed by atoms with Crippen molar-refractivity contribution in [2.24, 2.45) is 0 Å². The first-order valence-electron chi connectivity index (χ1n) is 8.69. The van der Waals surface area contributed by atoms with Gasteiger partial charge in [0.05, 0.1) is 11.2 Å². The van der Waals surface area contributed by atoms with Gasteiger partial charge < -0.3 is 10.2 Å². The predicted octanol–water partition coefficient (Wildman–Crippen LogP) is 4.10. The highest BCUT2D eigenvalue weighted by molar-refractivity contribution is 6.06. The molecule has 2 aromatic carbocycles. The van der Waals surface area contributed by atoms with Crippen LogP contribution in [0.5, 0.6) is 0 Å². The summed E-state index contributed by atoms with van der Waals surface area (Å²) in [5.74, 6) is -0.0280. The minimum Gasteiger partial charge on any atom is -0.384 e. The molecule has 0 unspecified atom stereocenters. The van der Waals surface area contributed by atoms with Crippen molar-refractivity contribution in [3.63, 3.8) is 0 Å². The Labute approximate surface area is 154 Å². The number of anilines is 1. The predicted molar refractivity (Wildman–Crippen MR) is 109 cm³/mol. The molecule has 132 valence electrons. The second-order valence-corrected chi connectivity index (χ2v) is 6.43. The highest BCUT2D eigenvalue weighted by Crippen LogP contribution is 2.14. The Morgan fingerprint density at radius 2 is 1.81 bits per heavy atom. The fourth-order valence-corrected chi connectivity index (χ4v) is 2.61. The van der Waals surface area contributed by atoms with Gasteiger partial charge in [0, 0.05) is 29.7 Å². The van der Waals surface area contributed by atoms with Crippen LogP contribution in [0.2, 0.25) is 0 Å². The number of fused-ring (bicyclic) bond motifs is 1. The molecule has 1 N–H and O–H groups in total. The van der Waals surface area contributed by atoms with Gasteiger partial charge in [-0.1, -0.05) is 24.3 Å². The largest absolute Gasteiger partial charge is 0.384 e. The number of likely N-dealkylation sites (N-methyl/N-ethyl adjacent to an activating group) is 1. The normalized spacial score (nSPS) is 11.3. The summed E-state index contributed by atoms with van der Waals surface area (Å²) in [5, 5.41) is 4.43. The quantitative estimate of drug-likeness (QED) is 0.517. The number of hydrogen-bond acceptors (Lipinski definition) is 4. The summed E-state index contributed by atoms with van der Waals surface area (Å²) in [6, 6.07) is 19.4. The van der Waals surface area contributed by atoms with Gasteiger partial charge in [-0.05, 0) is 62.6 Å². The van der Waals surface area contributed by atoms with Gasteiger partial charge in [-0.15, -0.1) is 0 Å². The topological polar surface area (TPSA) is 45.2 Å². The molecule has 0 radical (unpaired) electrons. The number of benzene rings is 2. The number of allylic oxidation sites excluding steroid dienone is 1. The van der Waals surface area contributed by atoms with E-state index >= 15 is 0 Å². The molecule has 0 fully saturated rings. The zero-order chi connectivity index (χ0) is 18.4. The zero-order valence-corrected chi connectivity index (χ0v) is 15.1. The molecule has 0 saturated carbocycles. The fourth-order valence-electron chi connectivity index (χ4n) is 2.61. The van der Waals surface area contributed by atoms with Crippen LogP contribution in [0, 0.1) is 0 Å². The molecule has 0 saturated heterocycles. The minimum absolute atomic E-state index is 0.0280. The first-order valence-corrected chi connectivity index (χ1v) is 8.69. The molecule has 26 heavy (non-hydrogen) atoms. The van der Waals surface area contributed by atoms with Crippen molar-refractivity contribution in [1.82, 2.24) is 9.88 Å². The van der Waals surface area contributed by atoms with Gasteiger partial charge >= 0.3 is 0 Å². The Bertz CT molecular complexity index is 914. The smallest absolute Gasteiger partial charge is 0.185 e. The first-order chi connectivity index (χ1) is 12.6. The van der Waals surface area contributed by atoms with Crippen LogP contribution in [0.3, 0.4) is 0 Å². The molecule has 0 spiro atoms. The second-order valence-electron chi connectivity index (χ2n) is 6.43. The molecule has 1 heterocycles. The van der Waals surface area contributed by atoms with E-state index in [2.05, 4.69) is 15.2 Å². The number of aromatic nitrogens is 1. The van der Waals surface area contributed by atoms with Crippen LogP contribution in [0.1, 0.15) is 16.1 Å². The standard InChI is InChI=1S/C22H23N3O/c1-25(2)16-15-23-19-10-8-18(9-11-19)22(26)14-13-20-12-7-17-5-3-4-6-21(17)24-20/h3-14,23H,15-16H2,1-2H3. The molecule has 3 rings (SSSR count). The maximum atomic E-state index is 12.4. The van der Waals surface area contributed by atoms with Crippen molar-refractivity contribution in [1.29, 1.82) is 0 Å². The average molecular weight is 345 g/mol. The van der Waals surface area contributed by atoms with Crippen molar-refractivity contribution in [2.45, 2.75) is 0 Å². The maximum Gasteiger partial charge on any atom is 0.185 e. The van der Waals surface area contributed by atoms with E-state index in [4.69, 9.17) is 0 Å². The number of para-hydroxylation sites is 1. The van der Waals surface area contributed by atoms with Gasteiger partial charge in [0.15, 0.2) is 5.78 Å². The fraction of sp³-hybridized carbons (Fsp3) is 0.182. The van der Waals surface area contributed by atoms with Crippen LogP contribution < -0.4 is 5.32 Å². The number of carbonyl (C=O) groups excluding carboxylic acids is 1. The molecule has 3 aromatic rings. The van der Waals surface area contributed by atoms with Crippen LogP contribution >= 0.6 is 0 Å². The van der Waals surface area contributed by atoms with E-state index in [0.717, 1.165) is 35.4 Å². The molecule has 0 aliphatic rings. The summed E-state index contributed by atoms with van der Waals surface area (Å²) < 4.78 is 0. The minimum atomic E-state index is -0.0280. The summed E-state index contributed by atoms with van der Waals surface area (Å²) in [6.45, 7) is 1.83. The van der Waals surface area contributed by atoms with Crippen molar-refractivity contribution in [3.8, 4) is 0 Å². The highest BCUT2D eigenvalue weighted by Gasteiger charge is 2.02. The summed E-state index contributed by atoms with van der Waals surface area (Å²) >= 11 is 0.